The van der Waals surface area contributed by atoms with Gasteiger partial charge in [0, 0.05) is 10.0 Å². The van der Waals surface area contributed by atoms with E-state index in [0.717, 1.165) is 22.9 Å². The molecule has 2 aromatic rings. The lowest BCUT2D eigenvalue weighted by Crippen LogP contribution is -2.50. The molecule has 2 aromatic carbocycles. The molecule has 0 aromatic heterocycles. The lowest BCUT2D eigenvalue weighted by Gasteiger charge is -2.43. The first kappa shape index (κ1) is 16.2. The number of ether oxygens (including phenoxy) is 1. The summed E-state index contributed by atoms with van der Waals surface area (Å²) in [5.74, 6) is -0.211. The maximum Gasteiger partial charge on any atom is 0.320 e. The van der Waals surface area contributed by atoms with Gasteiger partial charge in [0.25, 0.3) is 0 Å². The zero-order valence-electron chi connectivity index (χ0n) is 12.9. The number of halogens is 1. The van der Waals surface area contributed by atoms with Crippen molar-refractivity contribution in [2.45, 2.75) is 31.4 Å². The SMILES string of the molecule is O=C(CNC1(c2ccc(Br)cc2)CCC1)OCc1ccccc1. The molecule has 23 heavy (non-hydrogen) atoms. The number of hydrogen-bond donors (Lipinski definition) is 1. The first-order chi connectivity index (χ1) is 11.2. The molecule has 1 saturated carbocycles. The highest BCUT2D eigenvalue weighted by molar-refractivity contribution is 9.10. The summed E-state index contributed by atoms with van der Waals surface area (Å²) in [4.78, 5) is 12.0. The van der Waals surface area contributed by atoms with Crippen molar-refractivity contribution in [3.63, 3.8) is 0 Å². The molecule has 0 saturated heterocycles. The minimum atomic E-state index is -0.211. The molecule has 0 bridgehead atoms. The van der Waals surface area contributed by atoms with Gasteiger partial charge in [0.2, 0.25) is 0 Å². The quantitative estimate of drug-likeness (QED) is 0.772. The van der Waals surface area contributed by atoms with Crippen LogP contribution in [-0.4, -0.2) is 12.5 Å². The summed E-state index contributed by atoms with van der Waals surface area (Å²) in [5, 5.41) is 3.41. The summed E-state index contributed by atoms with van der Waals surface area (Å²) < 4.78 is 6.41. The third-order valence-corrected chi connectivity index (χ3v) is 4.95. The van der Waals surface area contributed by atoms with E-state index in [1.54, 1.807) is 0 Å². The molecule has 3 nitrogen and oxygen atoms in total. The second kappa shape index (κ2) is 7.28. The van der Waals surface area contributed by atoms with Crippen molar-refractivity contribution in [1.82, 2.24) is 5.32 Å². The first-order valence-electron chi connectivity index (χ1n) is 7.89. The van der Waals surface area contributed by atoms with Gasteiger partial charge >= 0.3 is 5.97 Å². The zero-order valence-corrected chi connectivity index (χ0v) is 14.5. The summed E-state index contributed by atoms with van der Waals surface area (Å²) in [6, 6.07) is 18.1. The predicted octanol–water partition coefficient (Wildman–Crippen LogP) is 4.16. The van der Waals surface area contributed by atoms with Gasteiger partial charge in [-0.1, -0.05) is 58.4 Å². The number of benzene rings is 2. The van der Waals surface area contributed by atoms with Crippen LogP contribution in [0.1, 0.15) is 30.4 Å². The van der Waals surface area contributed by atoms with Crippen LogP contribution in [0, 0.1) is 0 Å². The second-order valence-electron chi connectivity index (χ2n) is 5.94. The highest BCUT2D eigenvalue weighted by atomic mass is 79.9. The van der Waals surface area contributed by atoms with Crippen LogP contribution in [0.4, 0.5) is 0 Å². The molecule has 120 valence electrons. The number of carbonyl (C=O) groups excluding carboxylic acids is 1. The molecule has 0 atom stereocenters. The minimum absolute atomic E-state index is 0.0769. The average Bonchev–Trinajstić information content (AvgIpc) is 2.54. The summed E-state index contributed by atoms with van der Waals surface area (Å²) in [7, 11) is 0. The number of carbonyl (C=O) groups is 1. The third kappa shape index (κ3) is 4.01. The molecule has 1 N–H and O–H groups in total. The van der Waals surface area contributed by atoms with Crippen molar-refractivity contribution < 1.29 is 9.53 Å². The fraction of sp³-hybridized carbons (Fsp3) is 0.316. The highest BCUT2D eigenvalue weighted by Gasteiger charge is 2.38. The molecule has 1 aliphatic rings. The zero-order chi connectivity index (χ0) is 16.1. The van der Waals surface area contributed by atoms with Crippen LogP contribution in [0.5, 0.6) is 0 Å². The monoisotopic (exact) mass is 373 g/mol. The van der Waals surface area contributed by atoms with E-state index in [2.05, 4.69) is 33.4 Å². The maximum atomic E-state index is 12.0. The van der Waals surface area contributed by atoms with Crippen LogP contribution >= 0.6 is 15.9 Å². The van der Waals surface area contributed by atoms with Crippen LogP contribution in [0.3, 0.4) is 0 Å². The first-order valence-corrected chi connectivity index (χ1v) is 8.68. The molecule has 0 unspecified atom stereocenters. The number of esters is 1. The van der Waals surface area contributed by atoms with Crippen LogP contribution in [0.15, 0.2) is 59.1 Å². The van der Waals surface area contributed by atoms with Gasteiger partial charge < -0.3 is 4.74 Å². The smallest absolute Gasteiger partial charge is 0.320 e. The van der Waals surface area contributed by atoms with Gasteiger partial charge in [0.05, 0.1) is 6.54 Å². The molecule has 0 heterocycles. The summed E-state index contributed by atoms with van der Waals surface area (Å²) >= 11 is 3.46. The van der Waals surface area contributed by atoms with Crippen molar-refractivity contribution in [1.29, 1.82) is 0 Å². The lowest BCUT2D eigenvalue weighted by atomic mass is 9.72. The maximum absolute atomic E-state index is 12.0. The Morgan fingerprint density at radius 3 is 2.39 bits per heavy atom. The van der Waals surface area contributed by atoms with E-state index in [0.29, 0.717) is 6.61 Å². The van der Waals surface area contributed by atoms with Crippen molar-refractivity contribution in [2.75, 3.05) is 6.54 Å². The molecule has 1 fully saturated rings. The van der Waals surface area contributed by atoms with E-state index in [-0.39, 0.29) is 18.1 Å². The normalized spacial score (nSPS) is 15.7. The topological polar surface area (TPSA) is 38.3 Å². The van der Waals surface area contributed by atoms with Crippen LogP contribution in [0.2, 0.25) is 0 Å². The Bertz CT molecular complexity index is 651. The van der Waals surface area contributed by atoms with E-state index < -0.39 is 0 Å². The van der Waals surface area contributed by atoms with Crippen molar-refractivity contribution in [2.24, 2.45) is 0 Å². The highest BCUT2D eigenvalue weighted by Crippen LogP contribution is 2.41. The Morgan fingerprint density at radius 2 is 1.78 bits per heavy atom. The van der Waals surface area contributed by atoms with E-state index in [1.807, 2.05) is 42.5 Å². The summed E-state index contributed by atoms with van der Waals surface area (Å²) in [6.07, 6.45) is 3.29. The van der Waals surface area contributed by atoms with Crippen molar-refractivity contribution in [3.05, 3.63) is 70.2 Å². The average molecular weight is 374 g/mol. The van der Waals surface area contributed by atoms with E-state index in [9.17, 15) is 4.79 Å². The van der Waals surface area contributed by atoms with Gasteiger partial charge in [-0.2, -0.15) is 0 Å². The molecular formula is C19H20BrNO2. The molecule has 0 amide bonds. The Morgan fingerprint density at radius 1 is 1.09 bits per heavy atom. The second-order valence-corrected chi connectivity index (χ2v) is 6.86. The molecule has 0 spiro atoms. The Balaban J connectivity index is 1.53. The predicted molar refractivity (Wildman–Crippen MR) is 93.9 cm³/mol. The number of rotatable bonds is 6. The van der Waals surface area contributed by atoms with E-state index in [4.69, 9.17) is 4.74 Å². The number of nitrogens with one attached hydrogen (secondary N) is 1. The molecule has 0 aliphatic heterocycles. The molecule has 3 rings (SSSR count). The van der Waals surface area contributed by atoms with Crippen molar-refractivity contribution in [3.8, 4) is 0 Å². The molecule has 0 radical (unpaired) electrons. The largest absolute Gasteiger partial charge is 0.460 e. The Kier molecular flexibility index (Phi) is 5.13. The van der Waals surface area contributed by atoms with Gasteiger partial charge in [-0.15, -0.1) is 0 Å². The summed E-state index contributed by atoms with van der Waals surface area (Å²) in [6.45, 7) is 0.565. The van der Waals surface area contributed by atoms with Crippen LogP contribution < -0.4 is 5.32 Å². The van der Waals surface area contributed by atoms with Crippen LogP contribution in [0.25, 0.3) is 0 Å². The Labute approximate surface area is 145 Å². The number of hydrogen-bond acceptors (Lipinski definition) is 3. The fourth-order valence-corrected chi connectivity index (χ4v) is 3.16. The van der Waals surface area contributed by atoms with Gasteiger partial charge in [-0.25, -0.2) is 0 Å². The minimum Gasteiger partial charge on any atom is -0.460 e. The van der Waals surface area contributed by atoms with E-state index >= 15 is 0 Å². The van der Waals surface area contributed by atoms with Crippen LogP contribution in [-0.2, 0) is 21.7 Å². The lowest BCUT2D eigenvalue weighted by molar-refractivity contribution is -0.144. The summed E-state index contributed by atoms with van der Waals surface area (Å²) in [5.41, 5.74) is 2.17. The van der Waals surface area contributed by atoms with Crippen molar-refractivity contribution >= 4 is 21.9 Å². The van der Waals surface area contributed by atoms with Gasteiger partial charge in [0.15, 0.2) is 0 Å². The van der Waals surface area contributed by atoms with E-state index in [1.165, 1.54) is 12.0 Å². The Hall–Kier alpha value is -1.65. The molecule has 1 aliphatic carbocycles. The fourth-order valence-electron chi connectivity index (χ4n) is 2.90. The van der Waals surface area contributed by atoms with Gasteiger partial charge in [-0.05, 0) is 42.5 Å². The third-order valence-electron chi connectivity index (χ3n) is 4.42. The van der Waals surface area contributed by atoms with Gasteiger partial charge in [0.1, 0.15) is 6.61 Å². The molecular weight excluding hydrogens is 354 g/mol. The standard InChI is InChI=1S/C19H20BrNO2/c20-17-9-7-16(8-10-17)19(11-4-12-19)21-13-18(22)23-14-15-5-2-1-3-6-15/h1-3,5-10,21H,4,11-14H2. The molecule has 4 heteroatoms. The van der Waals surface area contributed by atoms with Gasteiger partial charge in [-0.3, -0.25) is 10.1 Å².